The molecule has 0 aliphatic carbocycles. The molecule has 0 radical (unpaired) electrons. The zero-order valence-electron chi connectivity index (χ0n) is 11.4. The molecule has 2 unspecified atom stereocenters. The molecule has 0 fully saturated rings. The highest BCUT2D eigenvalue weighted by molar-refractivity contribution is 7.18. The maximum atomic E-state index is 4.73. The topological polar surface area (TPSA) is 24.9 Å². The predicted molar refractivity (Wildman–Crippen MR) is 80.2 cm³/mol. The Morgan fingerprint density at radius 1 is 1.28 bits per heavy atom. The number of nitrogens with one attached hydrogen (secondary N) is 1. The number of benzene rings is 1. The summed E-state index contributed by atoms with van der Waals surface area (Å²) in [4.78, 5) is 4.73. The summed E-state index contributed by atoms with van der Waals surface area (Å²) in [6.07, 6.45) is 2.25. The molecule has 98 valence electrons. The molecule has 2 atom stereocenters. The van der Waals surface area contributed by atoms with Gasteiger partial charge in [-0.3, -0.25) is 0 Å². The average molecular weight is 262 g/mol. The molecule has 1 aromatic carbocycles. The number of hydrogen-bond acceptors (Lipinski definition) is 3. The van der Waals surface area contributed by atoms with Crippen molar-refractivity contribution in [2.45, 2.75) is 39.7 Å². The van der Waals surface area contributed by atoms with Crippen molar-refractivity contribution in [3.63, 3.8) is 0 Å². The summed E-state index contributed by atoms with van der Waals surface area (Å²) >= 11 is 1.83. The van der Waals surface area contributed by atoms with Crippen LogP contribution < -0.4 is 5.32 Å². The van der Waals surface area contributed by atoms with Crippen molar-refractivity contribution in [2.75, 3.05) is 6.54 Å². The Hall–Kier alpha value is -0.930. The Morgan fingerprint density at radius 3 is 2.72 bits per heavy atom. The van der Waals surface area contributed by atoms with E-state index in [2.05, 4.69) is 50.4 Å². The predicted octanol–water partition coefficient (Wildman–Crippen LogP) is 3.86. The molecule has 0 saturated carbocycles. The standard InChI is InChI=1S/C15H22N2S/c1-4-11(3)13(16-5-2)10-15-17-12-8-6-7-9-14(12)18-15/h6-9,11,13,16H,4-5,10H2,1-3H3. The summed E-state index contributed by atoms with van der Waals surface area (Å²) in [5, 5.41) is 4.85. The molecule has 0 spiro atoms. The van der Waals surface area contributed by atoms with Crippen LogP contribution in [0.25, 0.3) is 10.2 Å². The second-order valence-corrected chi connectivity index (χ2v) is 5.94. The fraction of sp³-hybridized carbons (Fsp3) is 0.533. The molecule has 1 aromatic heterocycles. The first kappa shape index (κ1) is 13.5. The van der Waals surface area contributed by atoms with Crippen LogP contribution in [0.2, 0.25) is 0 Å². The van der Waals surface area contributed by atoms with E-state index >= 15 is 0 Å². The van der Waals surface area contributed by atoms with Crippen LogP contribution in [0.15, 0.2) is 24.3 Å². The second-order valence-electron chi connectivity index (χ2n) is 4.83. The minimum Gasteiger partial charge on any atom is -0.314 e. The number of fused-ring (bicyclic) bond motifs is 1. The van der Waals surface area contributed by atoms with Crippen LogP contribution in [0.3, 0.4) is 0 Å². The third-order valence-corrected chi connectivity index (χ3v) is 4.59. The molecule has 3 heteroatoms. The van der Waals surface area contributed by atoms with E-state index in [4.69, 9.17) is 4.98 Å². The first-order valence-corrected chi connectivity index (χ1v) is 7.64. The smallest absolute Gasteiger partial charge is 0.0954 e. The lowest BCUT2D eigenvalue weighted by molar-refractivity contribution is 0.371. The zero-order valence-corrected chi connectivity index (χ0v) is 12.3. The lowest BCUT2D eigenvalue weighted by Gasteiger charge is -2.22. The third kappa shape index (κ3) is 3.09. The molecule has 1 N–H and O–H groups in total. The Labute approximate surface area is 113 Å². The van der Waals surface area contributed by atoms with Gasteiger partial charge in [0.25, 0.3) is 0 Å². The molecule has 2 rings (SSSR count). The largest absolute Gasteiger partial charge is 0.314 e. The van der Waals surface area contributed by atoms with Crippen LogP contribution in [0.5, 0.6) is 0 Å². The Morgan fingerprint density at radius 2 is 2.06 bits per heavy atom. The van der Waals surface area contributed by atoms with Gasteiger partial charge in [0.05, 0.1) is 15.2 Å². The van der Waals surface area contributed by atoms with E-state index in [0.717, 1.165) is 18.5 Å². The molecule has 18 heavy (non-hydrogen) atoms. The van der Waals surface area contributed by atoms with Crippen molar-refractivity contribution < 1.29 is 0 Å². The van der Waals surface area contributed by atoms with Gasteiger partial charge >= 0.3 is 0 Å². The zero-order chi connectivity index (χ0) is 13.0. The van der Waals surface area contributed by atoms with Gasteiger partial charge in [0.15, 0.2) is 0 Å². The minimum atomic E-state index is 0.542. The Balaban J connectivity index is 2.14. The Bertz CT molecular complexity index is 459. The monoisotopic (exact) mass is 262 g/mol. The molecule has 1 heterocycles. The van der Waals surface area contributed by atoms with Gasteiger partial charge in [-0.25, -0.2) is 4.98 Å². The molecule has 0 aliphatic heterocycles. The van der Waals surface area contributed by atoms with E-state index in [1.54, 1.807) is 0 Å². The van der Waals surface area contributed by atoms with Crippen LogP contribution in [0, 0.1) is 5.92 Å². The van der Waals surface area contributed by atoms with Crippen molar-refractivity contribution >= 4 is 21.6 Å². The number of thiazole rings is 1. The Kier molecular flexibility index (Phi) is 4.72. The van der Waals surface area contributed by atoms with E-state index in [-0.39, 0.29) is 0 Å². The van der Waals surface area contributed by atoms with Gasteiger partial charge in [-0.2, -0.15) is 0 Å². The second kappa shape index (κ2) is 6.30. The van der Waals surface area contributed by atoms with Gasteiger partial charge in [0, 0.05) is 12.5 Å². The first-order valence-electron chi connectivity index (χ1n) is 6.82. The summed E-state index contributed by atoms with van der Waals surface area (Å²) in [7, 11) is 0. The molecule has 0 bridgehead atoms. The average Bonchev–Trinajstić information content (AvgIpc) is 2.79. The highest BCUT2D eigenvalue weighted by Gasteiger charge is 2.17. The van der Waals surface area contributed by atoms with E-state index < -0.39 is 0 Å². The minimum absolute atomic E-state index is 0.542. The van der Waals surface area contributed by atoms with Crippen molar-refractivity contribution in [3.05, 3.63) is 29.3 Å². The van der Waals surface area contributed by atoms with E-state index in [0.29, 0.717) is 12.0 Å². The van der Waals surface area contributed by atoms with Crippen molar-refractivity contribution in [3.8, 4) is 0 Å². The fourth-order valence-electron chi connectivity index (χ4n) is 2.22. The van der Waals surface area contributed by atoms with Crippen LogP contribution >= 0.6 is 11.3 Å². The number of likely N-dealkylation sites (N-methyl/N-ethyl adjacent to an activating group) is 1. The summed E-state index contributed by atoms with van der Waals surface area (Å²) in [5.74, 6) is 0.692. The van der Waals surface area contributed by atoms with Crippen molar-refractivity contribution in [1.82, 2.24) is 10.3 Å². The summed E-state index contributed by atoms with van der Waals surface area (Å²) in [5.41, 5.74) is 1.14. The van der Waals surface area contributed by atoms with Gasteiger partial charge in [-0.05, 0) is 24.6 Å². The highest BCUT2D eigenvalue weighted by atomic mass is 32.1. The number of nitrogens with zero attached hydrogens (tertiary/aromatic N) is 1. The fourth-order valence-corrected chi connectivity index (χ4v) is 3.24. The van der Waals surface area contributed by atoms with Crippen LogP contribution in [0.4, 0.5) is 0 Å². The highest BCUT2D eigenvalue weighted by Crippen LogP contribution is 2.24. The number of rotatable bonds is 6. The lowest BCUT2D eigenvalue weighted by atomic mass is 9.96. The van der Waals surface area contributed by atoms with Gasteiger partial charge in [-0.15, -0.1) is 11.3 Å². The molecule has 0 aliphatic rings. The summed E-state index contributed by atoms with van der Waals surface area (Å²) < 4.78 is 1.30. The molecule has 0 saturated heterocycles. The van der Waals surface area contributed by atoms with Gasteiger partial charge < -0.3 is 5.32 Å². The number of aromatic nitrogens is 1. The molecule has 2 aromatic rings. The first-order chi connectivity index (χ1) is 8.74. The number of hydrogen-bond donors (Lipinski definition) is 1. The van der Waals surface area contributed by atoms with Gasteiger partial charge in [0.1, 0.15) is 0 Å². The maximum absolute atomic E-state index is 4.73. The summed E-state index contributed by atoms with van der Waals surface area (Å²) in [6, 6.07) is 8.94. The maximum Gasteiger partial charge on any atom is 0.0954 e. The SMILES string of the molecule is CCNC(Cc1nc2ccccc2s1)C(C)CC. The van der Waals surface area contributed by atoms with Gasteiger partial charge in [-0.1, -0.05) is 39.3 Å². The molecular weight excluding hydrogens is 240 g/mol. The van der Waals surface area contributed by atoms with Crippen LogP contribution in [-0.2, 0) is 6.42 Å². The normalized spacial score (nSPS) is 14.8. The van der Waals surface area contributed by atoms with Crippen molar-refractivity contribution in [2.24, 2.45) is 5.92 Å². The quantitative estimate of drug-likeness (QED) is 0.855. The molecule has 0 amide bonds. The van der Waals surface area contributed by atoms with E-state index in [1.165, 1.54) is 16.1 Å². The number of para-hydroxylation sites is 1. The van der Waals surface area contributed by atoms with Crippen molar-refractivity contribution in [1.29, 1.82) is 0 Å². The van der Waals surface area contributed by atoms with E-state index in [1.807, 2.05) is 11.3 Å². The molecular formula is C15H22N2S. The van der Waals surface area contributed by atoms with Crippen LogP contribution in [-0.4, -0.2) is 17.6 Å². The lowest BCUT2D eigenvalue weighted by Crippen LogP contribution is -2.36. The summed E-state index contributed by atoms with van der Waals surface area (Å²) in [6.45, 7) is 7.78. The van der Waals surface area contributed by atoms with Crippen LogP contribution in [0.1, 0.15) is 32.2 Å². The van der Waals surface area contributed by atoms with Gasteiger partial charge in [0.2, 0.25) is 0 Å². The van der Waals surface area contributed by atoms with E-state index in [9.17, 15) is 0 Å². The third-order valence-electron chi connectivity index (χ3n) is 3.53. The molecule has 2 nitrogen and oxygen atoms in total.